The van der Waals surface area contributed by atoms with Gasteiger partial charge in [-0.3, -0.25) is 4.90 Å². The van der Waals surface area contributed by atoms with Crippen molar-refractivity contribution in [2.45, 2.75) is 51.6 Å². The minimum atomic E-state index is 0.150. The second-order valence-corrected chi connectivity index (χ2v) is 7.70. The number of piperazine rings is 1. The quantitative estimate of drug-likeness (QED) is 0.889. The molecule has 1 heterocycles. The van der Waals surface area contributed by atoms with E-state index in [-0.39, 0.29) is 5.54 Å². The van der Waals surface area contributed by atoms with Gasteiger partial charge in [-0.05, 0) is 43.6 Å². The minimum absolute atomic E-state index is 0.150. The van der Waals surface area contributed by atoms with Crippen LogP contribution in [0, 0.1) is 11.8 Å². The Morgan fingerprint density at radius 2 is 1.95 bits per heavy atom. The van der Waals surface area contributed by atoms with Gasteiger partial charge in [0.1, 0.15) is 0 Å². The van der Waals surface area contributed by atoms with Gasteiger partial charge in [0.25, 0.3) is 0 Å². The third kappa shape index (κ3) is 3.49. The lowest BCUT2D eigenvalue weighted by atomic mass is 9.85. The summed E-state index contributed by atoms with van der Waals surface area (Å²) in [5.74, 6) is 1.72. The molecule has 21 heavy (non-hydrogen) atoms. The maximum absolute atomic E-state index is 3.82. The Balaban J connectivity index is 1.78. The van der Waals surface area contributed by atoms with Crippen LogP contribution in [-0.4, -0.2) is 30.6 Å². The average molecular weight is 286 g/mol. The summed E-state index contributed by atoms with van der Waals surface area (Å²) in [6, 6.07) is 11.7. The normalized spacial score (nSPS) is 30.8. The Bertz CT molecular complexity index is 452. The lowest BCUT2D eigenvalue weighted by Crippen LogP contribution is -2.62. The van der Waals surface area contributed by atoms with Crippen LogP contribution in [0.25, 0.3) is 0 Å². The highest BCUT2D eigenvalue weighted by atomic mass is 15.3. The summed E-state index contributed by atoms with van der Waals surface area (Å²) in [4.78, 5) is 2.77. The zero-order chi connectivity index (χ0) is 14.9. The highest BCUT2D eigenvalue weighted by Crippen LogP contribution is 2.37. The van der Waals surface area contributed by atoms with Gasteiger partial charge in [0.15, 0.2) is 0 Å². The van der Waals surface area contributed by atoms with E-state index in [0.29, 0.717) is 6.04 Å². The number of nitrogens with zero attached hydrogens (tertiary/aromatic N) is 1. The molecule has 1 aromatic rings. The molecule has 2 unspecified atom stereocenters. The number of benzene rings is 1. The van der Waals surface area contributed by atoms with Gasteiger partial charge >= 0.3 is 0 Å². The number of rotatable bonds is 5. The number of hydrogen-bond acceptors (Lipinski definition) is 2. The lowest BCUT2D eigenvalue weighted by molar-refractivity contribution is 0.0406. The Hall–Kier alpha value is -0.860. The summed E-state index contributed by atoms with van der Waals surface area (Å²) in [6.45, 7) is 10.6. The first-order valence-corrected chi connectivity index (χ1v) is 8.62. The summed E-state index contributed by atoms with van der Waals surface area (Å²) in [5.41, 5.74) is 1.61. The smallest absolute Gasteiger partial charge is 0.0558 e. The van der Waals surface area contributed by atoms with Gasteiger partial charge in [-0.25, -0.2) is 0 Å². The van der Waals surface area contributed by atoms with E-state index in [0.717, 1.165) is 18.4 Å². The molecule has 3 rings (SSSR count). The molecule has 2 heteroatoms. The Labute approximate surface area is 129 Å². The predicted octanol–water partition coefficient (Wildman–Crippen LogP) is 3.63. The highest BCUT2D eigenvalue weighted by Gasteiger charge is 2.41. The molecule has 0 amide bonds. The van der Waals surface area contributed by atoms with Crippen molar-refractivity contribution in [1.29, 1.82) is 0 Å². The first kappa shape index (κ1) is 15.1. The van der Waals surface area contributed by atoms with Crippen LogP contribution in [-0.2, 0) is 5.54 Å². The third-order valence-electron chi connectivity index (χ3n) is 5.20. The van der Waals surface area contributed by atoms with Crippen LogP contribution in [0.15, 0.2) is 30.3 Å². The Morgan fingerprint density at radius 1 is 1.24 bits per heavy atom. The molecule has 2 atom stereocenters. The molecule has 2 nitrogen and oxygen atoms in total. The van der Waals surface area contributed by atoms with Crippen molar-refractivity contribution in [2.75, 3.05) is 19.6 Å². The van der Waals surface area contributed by atoms with Gasteiger partial charge in [0, 0.05) is 25.7 Å². The summed E-state index contributed by atoms with van der Waals surface area (Å²) in [6.07, 6.45) is 4.15. The predicted molar refractivity (Wildman–Crippen MR) is 89.3 cm³/mol. The van der Waals surface area contributed by atoms with Crippen LogP contribution < -0.4 is 5.32 Å². The fraction of sp³-hybridized carbons (Fsp3) is 0.684. The molecule has 1 N–H and O–H groups in total. The van der Waals surface area contributed by atoms with Gasteiger partial charge in [0.2, 0.25) is 0 Å². The SMILES string of the molecule is CC(C)CC1CN(CC2CC2)C(C)(c2ccccc2)CN1. The highest BCUT2D eigenvalue weighted by molar-refractivity contribution is 5.25. The second kappa shape index (κ2) is 6.10. The average Bonchev–Trinajstić information content (AvgIpc) is 3.27. The molecule has 116 valence electrons. The van der Waals surface area contributed by atoms with Crippen LogP contribution in [0.3, 0.4) is 0 Å². The van der Waals surface area contributed by atoms with Crippen molar-refractivity contribution in [3.8, 4) is 0 Å². The molecule has 2 fully saturated rings. The first-order valence-electron chi connectivity index (χ1n) is 8.62. The van der Waals surface area contributed by atoms with Crippen LogP contribution in [0.2, 0.25) is 0 Å². The second-order valence-electron chi connectivity index (χ2n) is 7.70. The monoisotopic (exact) mass is 286 g/mol. The van der Waals surface area contributed by atoms with Crippen molar-refractivity contribution < 1.29 is 0 Å². The first-order chi connectivity index (χ1) is 10.1. The van der Waals surface area contributed by atoms with Gasteiger partial charge in [-0.2, -0.15) is 0 Å². The standard InChI is InChI=1S/C19H30N2/c1-15(2)11-18-13-21(12-16-9-10-16)19(3,14-20-18)17-7-5-4-6-8-17/h4-8,15-16,18,20H,9-14H2,1-3H3. The van der Waals surface area contributed by atoms with Crippen molar-refractivity contribution >= 4 is 0 Å². The van der Waals surface area contributed by atoms with Gasteiger partial charge in [-0.15, -0.1) is 0 Å². The van der Waals surface area contributed by atoms with Crippen molar-refractivity contribution in [3.05, 3.63) is 35.9 Å². The van der Waals surface area contributed by atoms with E-state index in [1.807, 2.05) is 0 Å². The fourth-order valence-corrected chi connectivity index (χ4v) is 3.68. The van der Waals surface area contributed by atoms with E-state index in [1.54, 1.807) is 0 Å². The molecule has 0 radical (unpaired) electrons. The maximum Gasteiger partial charge on any atom is 0.0558 e. The molecule has 1 aliphatic heterocycles. The van der Waals surface area contributed by atoms with E-state index < -0.39 is 0 Å². The summed E-state index contributed by atoms with van der Waals surface area (Å²) in [7, 11) is 0. The topological polar surface area (TPSA) is 15.3 Å². The van der Waals surface area contributed by atoms with E-state index >= 15 is 0 Å². The maximum atomic E-state index is 3.82. The Morgan fingerprint density at radius 3 is 2.57 bits per heavy atom. The molecule has 0 aromatic heterocycles. The Kier molecular flexibility index (Phi) is 4.37. The largest absolute Gasteiger partial charge is 0.311 e. The molecule has 0 bridgehead atoms. The molecule has 0 spiro atoms. The van der Waals surface area contributed by atoms with Gasteiger partial charge < -0.3 is 5.32 Å². The summed E-state index contributed by atoms with van der Waals surface area (Å²) < 4.78 is 0. The van der Waals surface area contributed by atoms with Crippen molar-refractivity contribution in [1.82, 2.24) is 10.2 Å². The molecular formula is C19H30N2. The van der Waals surface area contributed by atoms with E-state index in [9.17, 15) is 0 Å². The van der Waals surface area contributed by atoms with Crippen LogP contribution in [0.4, 0.5) is 0 Å². The fourth-order valence-electron chi connectivity index (χ4n) is 3.68. The summed E-state index contributed by atoms with van der Waals surface area (Å²) in [5, 5.41) is 3.82. The van der Waals surface area contributed by atoms with Crippen molar-refractivity contribution in [3.63, 3.8) is 0 Å². The molecule has 1 aromatic carbocycles. The zero-order valence-electron chi connectivity index (χ0n) is 13.8. The van der Waals surface area contributed by atoms with Crippen molar-refractivity contribution in [2.24, 2.45) is 11.8 Å². The number of hydrogen-bond donors (Lipinski definition) is 1. The van der Waals surface area contributed by atoms with E-state index in [2.05, 4.69) is 61.3 Å². The molecule has 2 aliphatic rings. The van der Waals surface area contributed by atoms with Crippen LogP contribution in [0.1, 0.15) is 45.6 Å². The van der Waals surface area contributed by atoms with E-state index in [1.165, 1.54) is 37.9 Å². The number of nitrogens with one attached hydrogen (secondary N) is 1. The zero-order valence-corrected chi connectivity index (χ0v) is 13.8. The molecule has 1 saturated heterocycles. The summed E-state index contributed by atoms with van der Waals surface area (Å²) >= 11 is 0. The molecule has 1 aliphatic carbocycles. The van der Waals surface area contributed by atoms with Crippen LogP contribution >= 0.6 is 0 Å². The molecular weight excluding hydrogens is 256 g/mol. The van der Waals surface area contributed by atoms with Gasteiger partial charge in [-0.1, -0.05) is 44.2 Å². The van der Waals surface area contributed by atoms with Crippen LogP contribution in [0.5, 0.6) is 0 Å². The lowest BCUT2D eigenvalue weighted by Gasteiger charge is -2.49. The minimum Gasteiger partial charge on any atom is -0.311 e. The third-order valence-corrected chi connectivity index (χ3v) is 5.20. The van der Waals surface area contributed by atoms with E-state index in [4.69, 9.17) is 0 Å². The molecule has 1 saturated carbocycles. The van der Waals surface area contributed by atoms with Gasteiger partial charge in [0.05, 0.1) is 5.54 Å².